The Morgan fingerprint density at radius 3 is 2.79 bits per heavy atom. The second-order valence-electron chi connectivity index (χ2n) is 3.64. The van der Waals surface area contributed by atoms with Crippen LogP contribution in [0.5, 0.6) is 0 Å². The summed E-state index contributed by atoms with van der Waals surface area (Å²) in [6, 6.07) is 1.94. The lowest BCUT2D eigenvalue weighted by atomic mass is 10.4. The lowest BCUT2D eigenvalue weighted by Crippen LogP contribution is -2.19. The monoisotopic (exact) mass is 291 g/mol. The summed E-state index contributed by atoms with van der Waals surface area (Å²) in [6.45, 7) is 2.16. The molecule has 0 aliphatic heterocycles. The van der Waals surface area contributed by atoms with E-state index in [9.17, 15) is 17.6 Å². The highest BCUT2D eigenvalue weighted by molar-refractivity contribution is 7.89. The van der Waals surface area contributed by atoms with Gasteiger partial charge in [-0.25, -0.2) is 27.7 Å². The van der Waals surface area contributed by atoms with Crippen LogP contribution >= 0.6 is 0 Å². The summed E-state index contributed by atoms with van der Waals surface area (Å²) in [6.07, 6.45) is 0.762. The SMILES string of the molecule is CCCCOC(=O)Nc1ccc(F)c(S(N)(=O)=O)n1. The molecule has 3 N–H and O–H groups in total. The van der Waals surface area contributed by atoms with Crippen molar-refractivity contribution < 1.29 is 22.3 Å². The van der Waals surface area contributed by atoms with Crippen molar-refractivity contribution in [2.75, 3.05) is 11.9 Å². The molecule has 19 heavy (non-hydrogen) atoms. The second kappa shape index (κ2) is 6.43. The Labute approximate surface area is 110 Å². The molecule has 1 aromatic heterocycles. The molecule has 1 rings (SSSR count). The number of pyridine rings is 1. The summed E-state index contributed by atoms with van der Waals surface area (Å²) in [5, 5.41) is 6.03. The van der Waals surface area contributed by atoms with E-state index in [1.54, 1.807) is 0 Å². The number of sulfonamides is 1. The van der Waals surface area contributed by atoms with E-state index in [0.29, 0.717) is 6.42 Å². The number of nitrogens with two attached hydrogens (primary N) is 1. The molecule has 0 aliphatic rings. The van der Waals surface area contributed by atoms with E-state index in [1.807, 2.05) is 6.92 Å². The van der Waals surface area contributed by atoms with Gasteiger partial charge in [0.15, 0.2) is 5.82 Å². The van der Waals surface area contributed by atoms with Gasteiger partial charge in [-0.3, -0.25) is 5.32 Å². The fraction of sp³-hybridized carbons (Fsp3) is 0.400. The number of carbonyl (C=O) groups excluding carboxylic acids is 1. The molecule has 0 unspecified atom stereocenters. The van der Waals surface area contributed by atoms with Gasteiger partial charge in [-0.15, -0.1) is 0 Å². The van der Waals surface area contributed by atoms with Crippen LogP contribution in [-0.4, -0.2) is 26.1 Å². The van der Waals surface area contributed by atoms with Gasteiger partial charge in [0.05, 0.1) is 6.61 Å². The minimum absolute atomic E-state index is 0.160. The summed E-state index contributed by atoms with van der Waals surface area (Å²) in [5.74, 6) is -1.25. The molecule has 0 fully saturated rings. The Morgan fingerprint density at radius 2 is 2.21 bits per heavy atom. The smallest absolute Gasteiger partial charge is 0.412 e. The van der Waals surface area contributed by atoms with Gasteiger partial charge in [0.2, 0.25) is 5.03 Å². The molecule has 0 atom stereocenters. The Hall–Kier alpha value is -1.74. The molecule has 106 valence electrons. The number of aromatic nitrogens is 1. The number of rotatable bonds is 5. The van der Waals surface area contributed by atoms with E-state index < -0.39 is 27.0 Å². The molecule has 0 aliphatic carbocycles. The number of primary sulfonamides is 1. The number of nitrogens with one attached hydrogen (secondary N) is 1. The van der Waals surface area contributed by atoms with Crippen LogP contribution in [0.1, 0.15) is 19.8 Å². The molecule has 0 saturated carbocycles. The topological polar surface area (TPSA) is 111 Å². The Kier molecular flexibility index (Phi) is 5.19. The summed E-state index contributed by atoms with van der Waals surface area (Å²) in [4.78, 5) is 14.7. The predicted molar refractivity (Wildman–Crippen MR) is 65.4 cm³/mol. The zero-order valence-corrected chi connectivity index (χ0v) is 11.0. The molecule has 1 amide bonds. The first-order chi connectivity index (χ1) is 8.84. The number of carbonyl (C=O) groups is 1. The van der Waals surface area contributed by atoms with Crippen LogP contribution in [-0.2, 0) is 14.8 Å². The van der Waals surface area contributed by atoms with Crippen LogP contribution in [0.15, 0.2) is 17.2 Å². The highest BCUT2D eigenvalue weighted by atomic mass is 32.2. The third kappa shape index (κ3) is 4.79. The van der Waals surface area contributed by atoms with E-state index in [1.165, 1.54) is 0 Å². The zero-order valence-electron chi connectivity index (χ0n) is 10.2. The lowest BCUT2D eigenvalue weighted by Gasteiger charge is -2.07. The molecular formula is C10H14FN3O4S. The molecule has 1 heterocycles. The number of nitrogens with zero attached hydrogens (tertiary/aromatic N) is 1. The fourth-order valence-electron chi connectivity index (χ4n) is 1.14. The highest BCUT2D eigenvalue weighted by Gasteiger charge is 2.17. The van der Waals surface area contributed by atoms with Crippen LogP contribution in [0.3, 0.4) is 0 Å². The Bertz CT molecular complexity index is 562. The van der Waals surface area contributed by atoms with Crippen molar-refractivity contribution in [1.29, 1.82) is 0 Å². The van der Waals surface area contributed by atoms with Gasteiger partial charge in [0, 0.05) is 0 Å². The van der Waals surface area contributed by atoms with Crippen molar-refractivity contribution in [2.45, 2.75) is 24.8 Å². The van der Waals surface area contributed by atoms with E-state index >= 15 is 0 Å². The summed E-state index contributed by atoms with van der Waals surface area (Å²) < 4.78 is 40.0. The molecule has 7 nitrogen and oxygen atoms in total. The van der Waals surface area contributed by atoms with Crippen LogP contribution in [0.25, 0.3) is 0 Å². The number of hydrogen-bond acceptors (Lipinski definition) is 5. The predicted octanol–water partition coefficient (Wildman–Crippen LogP) is 1.22. The number of anilines is 1. The highest BCUT2D eigenvalue weighted by Crippen LogP contribution is 2.13. The van der Waals surface area contributed by atoms with Crippen molar-refractivity contribution >= 4 is 21.9 Å². The van der Waals surface area contributed by atoms with Gasteiger partial charge < -0.3 is 4.74 Å². The standard InChI is InChI=1S/C10H14FN3O4S/c1-2-3-6-18-10(15)14-8-5-4-7(11)9(13-8)19(12,16)17/h4-5H,2-3,6H2,1H3,(H2,12,16,17)(H,13,14,15). The van der Waals surface area contributed by atoms with E-state index in [0.717, 1.165) is 18.6 Å². The summed E-state index contributed by atoms with van der Waals surface area (Å²) >= 11 is 0. The minimum atomic E-state index is -4.29. The van der Waals surface area contributed by atoms with Crippen LogP contribution in [0.2, 0.25) is 0 Å². The quantitative estimate of drug-likeness (QED) is 0.792. The minimum Gasteiger partial charge on any atom is -0.449 e. The number of unbranched alkanes of at least 4 members (excludes halogenated alkanes) is 1. The maximum atomic E-state index is 13.2. The molecular weight excluding hydrogens is 277 g/mol. The first-order valence-corrected chi connectivity index (χ1v) is 7.02. The normalized spacial score (nSPS) is 11.1. The van der Waals surface area contributed by atoms with E-state index in [-0.39, 0.29) is 12.4 Å². The number of hydrogen-bond donors (Lipinski definition) is 2. The maximum absolute atomic E-state index is 13.2. The van der Waals surface area contributed by atoms with Crippen molar-refractivity contribution in [3.8, 4) is 0 Å². The largest absolute Gasteiger partial charge is 0.449 e. The average Bonchev–Trinajstić information content (AvgIpc) is 2.30. The molecule has 0 aromatic carbocycles. The van der Waals surface area contributed by atoms with Crippen molar-refractivity contribution in [1.82, 2.24) is 4.98 Å². The van der Waals surface area contributed by atoms with Crippen LogP contribution < -0.4 is 10.5 Å². The van der Waals surface area contributed by atoms with Crippen LogP contribution in [0.4, 0.5) is 15.0 Å². The summed E-state index contributed by atoms with van der Waals surface area (Å²) in [5.41, 5.74) is 0. The molecule has 0 saturated heterocycles. The van der Waals surface area contributed by atoms with E-state index in [4.69, 9.17) is 9.88 Å². The second-order valence-corrected chi connectivity index (χ2v) is 5.12. The zero-order chi connectivity index (χ0) is 14.5. The number of ether oxygens (including phenoxy) is 1. The van der Waals surface area contributed by atoms with Crippen molar-refractivity contribution in [2.24, 2.45) is 5.14 Å². The van der Waals surface area contributed by atoms with Gasteiger partial charge in [0.25, 0.3) is 10.0 Å². The first kappa shape index (κ1) is 15.3. The van der Waals surface area contributed by atoms with Gasteiger partial charge in [-0.05, 0) is 18.6 Å². The molecule has 0 spiro atoms. The Balaban J connectivity index is 2.78. The number of amides is 1. The average molecular weight is 291 g/mol. The fourth-order valence-corrected chi connectivity index (χ4v) is 1.71. The first-order valence-electron chi connectivity index (χ1n) is 5.47. The van der Waals surface area contributed by atoms with Gasteiger partial charge in [0.1, 0.15) is 5.82 Å². The molecule has 0 radical (unpaired) electrons. The Morgan fingerprint density at radius 1 is 1.53 bits per heavy atom. The third-order valence-electron chi connectivity index (χ3n) is 2.04. The van der Waals surface area contributed by atoms with Crippen molar-refractivity contribution in [3.05, 3.63) is 17.9 Å². The number of halogens is 1. The van der Waals surface area contributed by atoms with E-state index in [2.05, 4.69) is 10.3 Å². The maximum Gasteiger partial charge on any atom is 0.412 e. The summed E-state index contributed by atoms with van der Waals surface area (Å²) in [7, 11) is -4.29. The third-order valence-corrected chi connectivity index (χ3v) is 2.87. The lowest BCUT2D eigenvalue weighted by molar-refractivity contribution is 0.159. The van der Waals surface area contributed by atoms with Gasteiger partial charge in [-0.1, -0.05) is 13.3 Å². The molecule has 9 heteroatoms. The molecule has 1 aromatic rings. The molecule has 0 bridgehead atoms. The van der Waals surface area contributed by atoms with Gasteiger partial charge >= 0.3 is 6.09 Å². The van der Waals surface area contributed by atoms with Gasteiger partial charge in [-0.2, -0.15) is 0 Å². The van der Waals surface area contributed by atoms with Crippen molar-refractivity contribution in [3.63, 3.8) is 0 Å². The van der Waals surface area contributed by atoms with Crippen LogP contribution in [0, 0.1) is 5.82 Å².